The molecule has 0 saturated heterocycles. The van der Waals surface area contributed by atoms with Crippen molar-refractivity contribution in [1.82, 2.24) is 5.32 Å². The van der Waals surface area contributed by atoms with Gasteiger partial charge in [0.2, 0.25) is 0 Å². The lowest BCUT2D eigenvalue weighted by atomic mass is 10.1. The van der Waals surface area contributed by atoms with E-state index in [1.165, 1.54) is 0 Å². The fourth-order valence-electron chi connectivity index (χ4n) is 1.94. The van der Waals surface area contributed by atoms with Gasteiger partial charge in [0.1, 0.15) is 5.58 Å². The predicted octanol–water partition coefficient (Wildman–Crippen LogP) is 1.40. The number of nitrogens with two attached hydrogens (primary N) is 1. The molecule has 0 aliphatic heterocycles. The van der Waals surface area contributed by atoms with E-state index in [-0.39, 0.29) is 12.6 Å². The SMILES string of the molecule is NCC(NCCCO)c1coc2ccccc12. The highest BCUT2D eigenvalue weighted by atomic mass is 16.3. The summed E-state index contributed by atoms with van der Waals surface area (Å²) in [5.74, 6) is 0. The molecule has 0 spiro atoms. The number of nitrogens with one attached hydrogen (secondary N) is 1. The summed E-state index contributed by atoms with van der Waals surface area (Å²) < 4.78 is 5.49. The van der Waals surface area contributed by atoms with E-state index in [4.69, 9.17) is 15.3 Å². The first kappa shape index (κ1) is 12.1. The first-order chi connectivity index (χ1) is 8.36. The van der Waals surface area contributed by atoms with Crippen LogP contribution in [0.25, 0.3) is 11.0 Å². The molecule has 0 aliphatic rings. The van der Waals surface area contributed by atoms with Crippen molar-refractivity contribution in [1.29, 1.82) is 0 Å². The van der Waals surface area contributed by atoms with Gasteiger partial charge in [-0.05, 0) is 19.0 Å². The Kier molecular flexibility index (Phi) is 4.14. The van der Waals surface area contributed by atoms with Crippen LogP contribution in [0.3, 0.4) is 0 Å². The number of aliphatic hydroxyl groups excluding tert-OH is 1. The van der Waals surface area contributed by atoms with Crippen LogP contribution in [-0.4, -0.2) is 24.8 Å². The molecule has 1 atom stereocenters. The highest BCUT2D eigenvalue weighted by molar-refractivity contribution is 5.81. The van der Waals surface area contributed by atoms with Crippen LogP contribution in [0.15, 0.2) is 34.9 Å². The Morgan fingerprint density at radius 2 is 2.18 bits per heavy atom. The molecular weight excluding hydrogens is 216 g/mol. The Morgan fingerprint density at radius 1 is 1.35 bits per heavy atom. The molecule has 4 heteroatoms. The summed E-state index contributed by atoms with van der Waals surface area (Å²) in [5, 5.41) is 13.2. The van der Waals surface area contributed by atoms with Gasteiger partial charge in [0.15, 0.2) is 0 Å². The van der Waals surface area contributed by atoms with Crippen LogP contribution in [-0.2, 0) is 0 Å². The lowest BCUT2D eigenvalue weighted by Gasteiger charge is -2.15. The fourth-order valence-corrected chi connectivity index (χ4v) is 1.94. The average molecular weight is 234 g/mol. The van der Waals surface area contributed by atoms with Crippen LogP contribution in [0.1, 0.15) is 18.0 Å². The smallest absolute Gasteiger partial charge is 0.134 e. The van der Waals surface area contributed by atoms with Crippen LogP contribution in [0.2, 0.25) is 0 Å². The topological polar surface area (TPSA) is 71.4 Å². The third-order valence-corrected chi connectivity index (χ3v) is 2.85. The predicted molar refractivity (Wildman–Crippen MR) is 67.7 cm³/mol. The van der Waals surface area contributed by atoms with Gasteiger partial charge in [0.25, 0.3) is 0 Å². The Morgan fingerprint density at radius 3 is 2.94 bits per heavy atom. The van der Waals surface area contributed by atoms with E-state index in [1.54, 1.807) is 6.26 Å². The molecule has 0 fully saturated rings. The molecule has 2 rings (SSSR count). The standard InChI is InChI=1S/C13H18N2O2/c14-8-12(15-6-3-7-16)11-9-17-13-5-2-1-4-10(11)13/h1-2,4-5,9,12,15-16H,3,6-8,14H2. The van der Waals surface area contributed by atoms with Gasteiger partial charge in [0.05, 0.1) is 6.26 Å². The van der Waals surface area contributed by atoms with Crippen LogP contribution in [0, 0.1) is 0 Å². The second-order valence-corrected chi connectivity index (χ2v) is 4.01. The number of para-hydroxylation sites is 1. The van der Waals surface area contributed by atoms with Gasteiger partial charge in [-0.1, -0.05) is 18.2 Å². The van der Waals surface area contributed by atoms with Gasteiger partial charge < -0.3 is 20.6 Å². The molecule has 92 valence electrons. The van der Waals surface area contributed by atoms with Gasteiger partial charge in [0, 0.05) is 30.1 Å². The van der Waals surface area contributed by atoms with Crippen LogP contribution >= 0.6 is 0 Å². The molecule has 4 N–H and O–H groups in total. The van der Waals surface area contributed by atoms with E-state index in [9.17, 15) is 0 Å². The zero-order valence-corrected chi connectivity index (χ0v) is 9.73. The van der Waals surface area contributed by atoms with Gasteiger partial charge in [-0.25, -0.2) is 0 Å². The molecule has 1 unspecified atom stereocenters. The summed E-state index contributed by atoms with van der Waals surface area (Å²) in [6.45, 7) is 1.45. The van der Waals surface area contributed by atoms with Crippen molar-refractivity contribution >= 4 is 11.0 Å². The fraction of sp³-hybridized carbons (Fsp3) is 0.385. The summed E-state index contributed by atoms with van der Waals surface area (Å²) >= 11 is 0. The quantitative estimate of drug-likeness (QED) is 0.661. The number of benzene rings is 1. The highest BCUT2D eigenvalue weighted by Crippen LogP contribution is 2.25. The number of aliphatic hydroxyl groups is 1. The number of furan rings is 1. The summed E-state index contributed by atoms with van der Waals surface area (Å²) in [5.41, 5.74) is 7.73. The lowest BCUT2D eigenvalue weighted by molar-refractivity contribution is 0.283. The van der Waals surface area contributed by atoms with E-state index in [0.29, 0.717) is 6.54 Å². The zero-order chi connectivity index (χ0) is 12.1. The van der Waals surface area contributed by atoms with Crippen molar-refractivity contribution in [3.8, 4) is 0 Å². The second kappa shape index (κ2) is 5.82. The van der Waals surface area contributed by atoms with Crippen LogP contribution < -0.4 is 11.1 Å². The Labute approximate surface area is 100 Å². The summed E-state index contributed by atoms with van der Waals surface area (Å²) in [4.78, 5) is 0. The van der Waals surface area contributed by atoms with E-state index < -0.39 is 0 Å². The minimum absolute atomic E-state index is 0.0743. The van der Waals surface area contributed by atoms with Gasteiger partial charge in [-0.2, -0.15) is 0 Å². The van der Waals surface area contributed by atoms with Crippen molar-refractivity contribution in [2.75, 3.05) is 19.7 Å². The summed E-state index contributed by atoms with van der Waals surface area (Å²) in [6, 6.07) is 7.99. The molecule has 4 nitrogen and oxygen atoms in total. The first-order valence-electron chi connectivity index (χ1n) is 5.87. The van der Waals surface area contributed by atoms with Gasteiger partial charge >= 0.3 is 0 Å². The van der Waals surface area contributed by atoms with Crippen molar-refractivity contribution in [3.63, 3.8) is 0 Å². The summed E-state index contributed by atoms with van der Waals surface area (Å²) in [6.07, 6.45) is 2.49. The largest absolute Gasteiger partial charge is 0.464 e. The third kappa shape index (κ3) is 2.66. The van der Waals surface area contributed by atoms with Crippen LogP contribution in [0.5, 0.6) is 0 Å². The summed E-state index contributed by atoms with van der Waals surface area (Å²) in [7, 11) is 0. The molecule has 2 aromatic rings. The average Bonchev–Trinajstić information content (AvgIpc) is 2.79. The molecule has 0 radical (unpaired) electrons. The van der Waals surface area contributed by atoms with Gasteiger partial charge in [-0.3, -0.25) is 0 Å². The van der Waals surface area contributed by atoms with Crippen molar-refractivity contribution < 1.29 is 9.52 Å². The maximum Gasteiger partial charge on any atom is 0.134 e. The number of rotatable bonds is 6. The molecular formula is C13H18N2O2. The van der Waals surface area contributed by atoms with Crippen molar-refractivity contribution in [2.24, 2.45) is 5.73 Å². The number of hydrogen-bond acceptors (Lipinski definition) is 4. The van der Waals surface area contributed by atoms with E-state index in [0.717, 1.165) is 29.5 Å². The monoisotopic (exact) mass is 234 g/mol. The van der Waals surface area contributed by atoms with E-state index >= 15 is 0 Å². The molecule has 0 saturated carbocycles. The molecule has 1 aromatic heterocycles. The third-order valence-electron chi connectivity index (χ3n) is 2.85. The molecule has 0 amide bonds. The number of fused-ring (bicyclic) bond motifs is 1. The lowest BCUT2D eigenvalue weighted by Crippen LogP contribution is -2.29. The van der Waals surface area contributed by atoms with Gasteiger partial charge in [-0.15, -0.1) is 0 Å². The van der Waals surface area contributed by atoms with Crippen molar-refractivity contribution in [3.05, 3.63) is 36.1 Å². The highest BCUT2D eigenvalue weighted by Gasteiger charge is 2.14. The maximum absolute atomic E-state index is 8.76. The first-order valence-corrected chi connectivity index (χ1v) is 5.87. The maximum atomic E-state index is 8.76. The Bertz CT molecular complexity index is 467. The molecule has 0 bridgehead atoms. The Hall–Kier alpha value is -1.36. The molecule has 0 aliphatic carbocycles. The molecule has 1 aromatic carbocycles. The minimum atomic E-state index is 0.0743. The zero-order valence-electron chi connectivity index (χ0n) is 9.73. The minimum Gasteiger partial charge on any atom is -0.464 e. The Balaban J connectivity index is 2.18. The van der Waals surface area contributed by atoms with E-state index in [1.807, 2.05) is 24.3 Å². The number of hydrogen-bond donors (Lipinski definition) is 3. The van der Waals surface area contributed by atoms with Crippen LogP contribution in [0.4, 0.5) is 0 Å². The molecule has 1 heterocycles. The second-order valence-electron chi connectivity index (χ2n) is 4.01. The van der Waals surface area contributed by atoms with Crippen molar-refractivity contribution in [2.45, 2.75) is 12.5 Å². The molecule has 17 heavy (non-hydrogen) atoms. The van der Waals surface area contributed by atoms with E-state index in [2.05, 4.69) is 5.32 Å². The normalized spacial score (nSPS) is 13.1.